The smallest absolute Gasteiger partial charge is 0.0579 e. The Labute approximate surface area is 120 Å². The van der Waals surface area contributed by atoms with Crippen molar-refractivity contribution in [2.45, 2.75) is 31.8 Å². The van der Waals surface area contributed by atoms with Crippen LogP contribution in [-0.4, -0.2) is 18.0 Å². The van der Waals surface area contributed by atoms with Crippen molar-refractivity contribution in [1.82, 2.24) is 0 Å². The predicted octanol–water partition coefficient (Wildman–Crippen LogP) is 4.57. The second kappa shape index (κ2) is 6.91. The van der Waals surface area contributed by atoms with Gasteiger partial charge in [0.1, 0.15) is 0 Å². The van der Waals surface area contributed by atoms with Crippen molar-refractivity contribution in [2.75, 3.05) is 11.9 Å². The molecular weight excluding hydrogens is 344 g/mol. The Hall–Kier alpha value is 0.140. The molecule has 1 saturated heterocycles. The summed E-state index contributed by atoms with van der Waals surface area (Å²) in [6.45, 7) is 0.956. The molecule has 3 heteroatoms. The molecule has 1 aliphatic heterocycles. The Balaban J connectivity index is 1.87. The highest BCUT2D eigenvalue weighted by molar-refractivity contribution is 9.10. The van der Waals surface area contributed by atoms with Gasteiger partial charge in [-0.1, -0.05) is 44.0 Å². The summed E-state index contributed by atoms with van der Waals surface area (Å²) >= 11 is 7.10. The molecule has 1 nitrogen and oxygen atoms in total. The maximum Gasteiger partial charge on any atom is 0.0579 e. The van der Waals surface area contributed by atoms with Crippen LogP contribution in [-0.2, 0) is 11.2 Å². The summed E-state index contributed by atoms with van der Waals surface area (Å²) in [5.74, 6) is 0.680. The fourth-order valence-electron chi connectivity index (χ4n) is 2.36. The van der Waals surface area contributed by atoms with Gasteiger partial charge in [0.15, 0.2) is 0 Å². The van der Waals surface area contributed by atoms with Crippen molar-refractivity contribution in [3.8, 4) is 0 Å². The number of hydrogen-bond donors (Lipinski definition) is 0. The third kappa shape index (κ3) is 4.38. The molecular formula is C14H18Br2O. The van der Waals surface area contributed by atoms with E-state index in [2.05, 4.69) is 56.1 Å². The SMILES string of the molecule is BrCC(Cc1ccc(Br)cc1)CC1CCCO1. The number of alkyl halides is 1. The van der Waals surface area contributed by atoms with Crippen LogP contribution in [0.4, 0.5) is 0 Å². The van der Waals surface area contributed by atoms with Gasteiger partial charge in [0.05, 0.1) is 6.10 Å². The van der Waals surface area contributed by atoms with Gasteiger partial charge in [-0.2, -0.15) is 0 Å². The van der Waals surface area contributed by atoms with Gasteiger partial charge in [0, 0.05) is 16.4 Å². The lowest BCUT2D eigenvalue weighted by atomic mass is 9.94. The van der Waals surface area contributed by atoms with Gasteiger partial charge in [-0.25, -0.2) is 0 Å². The highest BCUT2D eigenvalue weighted by Crippen LogP contribution is 2.24. The van der Waals surface area contributed by atoms with Crippen LogP contribution in [0.5, 0.6) is 0 Å². The molecule has 94 valence electrons. The zero-order valence-electron chi connectivity index (χ0n) is 9.87. The number of hydrogen-bond acceptors (Lipinski definition) is 1. The van der Waals surface area contributed by atoms with Crippen molar-refractivity contribution in [2.24, 2.45) is 5.92 Å². The van der Waals surface area contributed by atoms with Gasteiger partial charge in [-0.15, -0.1) is 0 Å². The maximum absolute atomic E-state index is 5.71. The molecule has 1 heterocycles. The summed E-state index contributed by atoms with van der Waals surface area (Å²) in [6.07, 6.45) is 5.29. The highest BCUT2D eigenvalue weighted by atomic mass is 79.9. The minimum Gasteiger partial charge on any atom is -0.378 e. The van der Waals surface area contributed by atoms with E-state index in [1.165, 1.54) is 24.8 Å². The van der Waals surface area contributed by atoms with Crippen LogP contribution >= 0.6 is 31.9 Å². The van der Waals surface area contributed by atoms with Crippen LogP contribution < -0.4 is 0 Å². The molecule has 0 saturated carbocycles. The van der Waals surface area contributed by atoms with E-state index in [-0.39, 0.29) is 0 Å². The van der Waals surface area contributed by atoms with Gasteiger partial charge in [0.25, 0.3) is 0 Å². The largest absolute Gasteiger partial charge is 0.378 e. The molecule has 0 amide bonds. The summed E-state index contributed by atoms with van der Waals surface area (Å²) in [4.78, 5) is 0. The molecule has 0 N–H and O–H groups in total. The predicted molar refractivity (Wildman–Crippen MR) is 78.7 cm³/mol. The molecule has 1 fully saturated rings. The molecule has 0 bridgehead atoms. The minimum absolute atomic E-state index is 0.494. The van der Waals surface area contributed by atoms with Crippen molar-refractivity contribution in [3.63, 3.8) is 0 Å². The highest BCUT2D eigenvalue weighted by Gasteiger charge is 2.20. The molecule has 2 atom stereocenters. The standard InChI is InChI=1S/C14H18Br2O/c15-10-12(9-14-2-1-7-17-14)8-11-3-5-13(16)6-4-11/h3-6,12,14H,1-2,7-10H2. The lowest BCUT2D eigenvalue weighted by Gasteiger charge is -2.18. The van der Waals surface area contributed by atoms with E-state index in [1.807, 2.05) is 0 Å². The topological polar surface area (TPSA) is 9.23 Å². The lowest BCUT2D eigenvalue weighted by Crippen LogP contribution is -2.16. The summed E-state index contributed by atoms with van der Waals surface area (Å²) in [6, 6.07) is 8.64. The monoisotopic (exact) mass is 360 g/mol. The van der Waals surface area contributed by atoms with E-state index in [4.69, 9.17) is 4.74 Å². The first-order valence-electron chi connectivity index (χ1n) is 6.20. The van der Waals surface area contributed by atoms with E-state index in [0.29, 0.717) is 12.0 Å². The van der Waals surface area contributed by atoms with Crippen LogP contribution in [0.15, 0.2) is 28.7 Å². The first kappa shape index (κ1) is 13.6. The zero-order valence-corrected chi connectivity index (χ0v) is 13.0. The molecule has 1 aromatic rings. The summed E-state index contributed by atoms with van der Waals surface area (Å²) in [7, 11) is 0. The molecule has 1 aliphatic rings. The number of rotatable bonds is 5. The quantitative estimate of drug-likeness (QED) is 0.698. The molecule has 2 unspecified atom stereocenters. The van der Waals surface area contributed by atoms with Gasteiger partial charge in [-0.3, -0.25) is 0 Å². The Bertz CT molecular complexity index is 331. The third-order valence-corrected chi connectivity index (χ3v) is 4.72. The van der Waals surface area contributed by atoms with Gasteiger partial charge in [0.2, 0.25) is 0 Å². The Morgan fingerprint density at radius 3 is 2.65 bits per heavy atom. The average molecular weight is 362 g/mol. The normalized spacial score (nSPS) is 21.6. The van der Waals surface area contributed by atoms with Gasteiger partial charge >= 0.3 is 0 Å². The van der Waals surface area contributed by atoms with Crippen LogP contribution in [0.25, 0.3) is 0 Å². The molecule has 17 heavy (non-hydrogen) atoms. The van der Waals surface area contributed by atoms with E-state index in [1.54, 1.807) is 0 Å². The van der Waals surface area contributed by atoms with Crippen LogP contribution in [0.2, 0.25) is 0 Å². The van der Waals surface area contributed by atoms with Crippen LogP contribution in [0, 0.1) is 5.92 Å². The number of ether oxygens (including phenoxy) is 1. The Morgan fingerprint density at radius 2 is 2.06 bits per heavy atom. The Morgan fingerprint density at radius 1 is 1.29 bits per heavy atom. The van der Waals surface area contributed by atoms with Gasteiger partial charge < -0.3 is 4.74 Å². The van der Waals surface area contributed by atoms with Crippen molar-refractivity contribution in [3.05, 3.63) is 34.3 Å². The minimum atomic E-state index is 0.494. The fourth-order valence-corrected chi connectivity index (χ4v) is 3.11. The lowest BCUT2D eigenvalue weighted by molar-refractivity contribution is 0.0925. The van der Waals surface area contributed by atoms with Crippen molar-refractivity contribution in [1.29, 1.82) is 0 Å². The molecule has 0 aromatic heterocycles. The molecule has 0 aliphatic carbocycles. The number of halogens is 2. The van der Waals surface area contributed by atoms with Gasteiger partial charge in [-0.05, 0) is 49.3 Å². The maximum atomic E-state index is 5.71. The van der Waals surface area contributed by atoms with Crippen LogP contribution in [0.1, 0.15) is 24.8 Å². The Kier molecular flexibility index (Phi) is 5.51. The first-order valence-corrected chi connectivity index (χ1v) is 8.11. The second-order valence-corrected chi connectivity index (χ2v) is 6.28. The molecule has 0 radical (unpaired) electrons. The first-order chi connectivity index (χ1) is 8.28. The van der Waals surface area contributed by atoms with Crippen molar-refractivity contribution < 1.29 is 4.74 Å². The zero-order chi connectivity index (χ0) is 12.1. The van der Waals surface area contributed by atoms with E-state index >= 15 is 0 Å². The third-order valence-electron chi connectivity index (χ3n) is 3.28. The number of benzene rings is 1. The summed E-state index contributed by atoms with van der Waals surface area (Å²) < 4.78 is 6.86. The molecule has 2 rings (SSSR count). The van der Waals surface area contributed by atoms with E-state index in [9.17, 15) is 0 Å². The fraction of sp³-hybridized carbons (Fsp3) is 0.571. The molecule has 1 aromatic carbocycles. The molecule has 0 spiro atoms. The summed E-state index contributed by atoms with van der Waals surface area (Å²) in [5, 5.41) is 1.06. The average Bonchev–Trinajstić information content (AvgIpc) is 2.84. The van der Waals surface area contributed by atoms with Crippen LogP contribution in [0.3, 0.4) is 0 Å². The van der Waals surface area contributed by atoms with E-state index in [0.717, 1.165) is 22.8 Å². The summed E-state index contributed by atoms with van der Waals surface area (Å²) in [5.41, 5.74) is 1.41. The second-order valence-electron chi connectivity index (χ2n) is 4.72. The van der Waals surface area contributed by atoms with Crippen molar-refractivity contribution >= 4 is 31.9 Å². The van der Waals surface area contributed by atoms with E-state index < -0.39 is 0 Å².